The van der Waals surface area contributed by atoms with Gasteiger partial charge in [0.1, 0.15) is 5.58 Å². The van der Waals surface area contributed by atoms with Crippen LogP contribution in [0.5, 0.6) is 0 Å². The van der Waals surface area contributed by atoms with E-state index in [1.807, 2.05) is 18.2 Å². The number of carbonyl (C=O) groups excluding carboxylic acids is 1. The Labute approximate surface area is 105 Å². The summed E-state index contributed by atoms with van der Waals surface area (Å²) in [6.07, 6.45) is 0.401. The van der Waals surface area contributed by atoms with Gasteiger partial charge in [0.05, 0.1) is 11.5 Å². The average molecular weight is 264 g/mol. The highest BCUT2D eigenvalue weighted by Gasteiger charge is 2.34. The monoisotopic (exact) mass is 264 g/mol. The van der Waals surface area contributed by atoms with Gasteiger partial charge in [-0.05, 0) is 18.6 Å². The molecule has 1 aromatic carbocycles. The fourth-order valence-corrected chi connectivity index (χ4v) is 4.05. The van der Waals surface area contributed by atoms with E-state index in [1.165, 1.54) is 0 Å². The normalized spacial score (nSPS) is 22.3. The second-order valence-electron chi connectivity index (χ2n) is 4.61. The third kappa shape index (κ3) is 1.95. The summed E-state index contributed by atoms with van der Waals surface area (Å²) in [6, 6.07) is 9.04. The number of furan rings is 1. The van der Waals surface area contributed by atoms with Crippen LogP contribution < -0.4 is 0 Å². The van der Waals surface area contributed by atoms with Crippen molar-refractivity contribution in [3.8, 4) is 0 Å². The molecule has 1 atom stereocenters. The smallest absolute Gasteiger partial charge is 0.202 e. The summed E-state index contributed by atoms with van der Waals surface area (Å²) < 4.78 is 28.2. The van der Waals surface area contributed by atoms with E-state index in [0.717, 1.165) is 5.39 Å². The van der Waals surface area contributed by atoms with E-state index in [-0.39, 0.29) is 23.0 Å². The van der Waals surface area contributed by atoms with Gasteiger partial charge >= 0.3 is 0 Å². The molecule has 3 rings (SSSR count). The maximum atomic E-state index is 12.1. The molecule has 0 amide bonds. The molecule has 0 radical (unpaired) electrons. The Morgan fingerprint density at radius 1 is 1.28 bits per heavy atom. The first-order chi connectivity index (χ1) is 8.55. The second kappa shape index (κ2) is 3.95. The maximum absolute atomic E-state index is 12.1. The number of ketones is 1. The van der Waals surface area contributed by atoms with Crippen LogP contribution in [0, 0.1) is 5.92 Å². The Bertz CT molecular complexity index is 678. The molecule has 94 valence electrons. The second-order valence-corrected chi connectivity index (χ2v) is 6.84. The first-order valence-corrected chi connectivity index (χ1v) is 7.60. The fourth-order valence-electron chi connectivity index (χ4n) is 2.31. The Balaban J connectivity index is 1.93. The van der Waals surface area contributed by atoms with Crippen LogP contribution in [0.2, 0.25) is 0 Å². The molecule has 4 nitrogen and oxygen atoms in total. The molecule has 1 fully saturated rings. The fraction of sp³-hybridized carbons (Fsp3) is 0.308. The number of para-hydroxylation sites is 1. The summed E-state index contributed by atoms with van der Waals surface area (Å²) >= 11 is 0. The van der Waals surface area contributed by atoms with Gasteiger partial charge in [-0.1, -0.05) is 18.2 Å². The van der Waals surface area contributed by atoms with E-state index >= 15 is 0 Å². The molecule has 5 heteroatoms. The highest BCUT2D eigenvalue weighted by Crippen LogP contribution is 2.26. The SMILES string of the molecule is O=C(c1cc2ccccc2o1)C1CCS(=O)(=O)C1. The van der Waals surface area contributed by atoms with Gasteiger partial charge < -0.3 is 4.42 Å². The predicted octanol–water partition coefficient (Wildman–Crippen LogP) is 2.05. The molecule has 2 heterocycles. The lowest BCUT2D eigenvalue weighted by atomic mass is 10.0. The molecule has 1 aliphatic rings. The van der Waals surface area contributed by atoms with Gasteiger partial charge in [-0.3, -0.25) is 4.79 Å². The zero-order chi connectivity index (χ0) is 12.8. The Kier molecular flexibility index (Phi) is 2.52. The molecular formula is C13H12O4S. The summed E-state index contributed by atoms with van der Waals surface area (Å²) in [7, 11) is -3.04. The maximum Gasteiger partial charge on any atom is 0.202 e. The molecule has 1 aliphatic heterocycles. The molecule has 18 heavy (non-hydrogen) atoms. The van der Waals surface area contributed by atoms with Crippen molar-refractivity contribution in [3.63, 3.8) is 0 Å². The summed E-state index contributed by atoms with van der Waals surface area (Å²) in [4.78, 5) is 12.1. The van der Waals surface area contributed by atoms with Gasteiger partial charge in [0.15, 0.2) is 15.6 Å². The summed E-state index contributed by atoms with van der Waals surface area (Å²) in [5.74, 6) is -0.340. The lowest BCUT2D eigenvalue weighted by molar-refractivity contribution is 0.0907. The summed E-state index contributed by atoms with van der Waals surface area (Å²) in [5, 5.41) is 0.863. The van der Waals surface area contributed by atoms with Crippen molar-refractivity contribution in [2.45, 2.75) is 6.42 Å². The zero-order valence-electron chi connectivity index (χ0n) is 9.63. The summed E-state index contributed by atoms with van der Waals surface area (Å²) in [6.45, 7) is 0. The van der Waals surface area contributed by atoms with Gasteiger partial charge in [0, 0.05) is 11.3 Å². The van der Waals surface area contributed by atoms with E-state index in [4.69, 9.17) is 4.42 Å². The van der Waals surface area contributed by atoms with Crippen molar-refractivity contribution < 1.29 is 17.6 Å². The number of sulfone groups is 1. The highest BCUT2D eigenvalue weighted by molar-refractivity contribution is 7.91. The molecule has 1 saturated heterocycles. The van der Waals surface area contributed by atoms with Crippen LogP contribution in [0.4, 0.5) is 0 Å². The number of Topliss-reactive ketones (excluding diaryl/α,β-unsaturated/α-hetero) is 1. The molecule has 0 bridgehead atoms. The van der Waals surface area contributed by atoms with Crippen molar-refractivity contribution in [1.29, 1.82) is 0 Å². The molecule has 0 N–H and O–H groups in total. The van der Waals surface area contributed by atoms with Crippen LogP contribution in [0.1, 0.15) is 17.0 Å². The van der Waals surface area contributed by atoms with E-state index in [9.17, 15) is 13.2 Å². The number of fused-ring (bicyclic) bond motifs is 1. The first kappa shape index (κ1) is 11.5. The number of hydrogen-bond acceptors (Lipinski definition) is 4. The van der Waals surface area contributed by atoms with E-state index < -0.39 is 15.8 Å². The van der Waals surface area contributed by atoms with E-state index in [1.54, 1.807) is 12.1 Å². The van der Waals surface area contributed by atoms with Crippen molar-refractivity contribution in [2.24, 2.45) is 5.92 Å². The highest BCUT2D eigenvalue weighted by atomic mass is 32.2. The lowest BCUT2D eigenvalue weighted by Crippen LogP contribution is -2.15. The Hall–Kier alpha value is -1.62. The van der Waals surface area contributed by atoms with Gasteiger partial charge in [-0.2, -0.15) is 0 Å². The van der Waals surface area contributed by atoms with Gasteiger partial charge in [0.25, 0.3) is 0 Å². The third-order valence-electron chi connectivity index (χ3n) is 3.27. The lowest BCUT2D eigenvalue weighted by Gasteiger charge is -2.02. The minimum absolute atomic E-state index is 0.0527. The van der Waals surface area contributed by atoms with Crippen molar-refractivity contribution in [2.75, 3.05) is 11.5 Å². The van der Waals surface area contributed by atoms with Gasteiger partial charge in [-0.25, -0.2) is 8.42 Å². The molecular weight excluding hydrogens is 252 g/mol. The van der Waals surface area contributed by atoms with E-state index in [2.05, 4.69) is 0 Å². The average Bonchev–Trinajstić information content (AvgIpc) is 2.91. The molecule has 0 spiro atoms. The van der Waals surface area contributed by atoms with Crippen LogP contribution in [0.15, 0.2) is 34.7 Å². The number of rotatable bonds is 2. The Morgan fingerprint density at radius 3 is 2.72 bits per heavy atom. The van der Waals surface area contributed by atoms with Crippen molar-refractivity contribution in [3.05, 3.63) is 36.1 Å². The zero-order valence-corrected chi connectivity index (χ0v) is 10.4. The van der Waals surface area contributed by atoms with Crippen LogP contribution in [-0.4, -0.2) is 25.7 Å². The quantitative estimate of drug-likeness (QED) is 0.779. The van der Waals surface area contributed by atoms with E-state index in [0.29, 0.717) is 12.0 Å². The van der Waals surface area contributed by atoms with Gasteiger partial charge in [-0.15, -0.1) is 0 Å². The Morgan fingerprint density at radius 2 is 2.06 bits per heavy atom. The largest absolute Gasteiger partial charge is 0.453 e. The number of hydrogen-bond donors (Lipinski definition) is 0. The molecule has 1 aromatic heterocycles. The minimum atomic E-state index is -3.04. The topological polar surface area (TPSA) is 64.3 Å². The van der Waals surface area contributed by atoms with Crippen LogP contribution in [0.3, 0.4) is 0 Å². The molecule has 2 aromatic rings. The van der Waals surface area contributed by atoms with Crippen molar-refractivity contribution in [1.82, 2.24) is 0 Å². The number of carbonyl (C=O) groups is 1. The van der Waals surface area contributed by atoms with Gasteiger partial charge in [0.2, 0.25) is 5.78 Å². The molecule has 1 unspecified atom stereocenters. The number of benzene rings is 1. The molecule has 0 saturated carbocycles. The van der Waals surface area contributed by atoms with Crippen LogP contribution in [-0.2, 0) is 9.84 Å². The minimum Gasteiger partial charge on any atom is -0.453 e. The predicted molar refractivity (Wildman–Crippen MR) is 67.3 cm³/mol. The van der Waals surface area contributed by atoms with Crippen LogP contribution in [0.25, 0.3) is 11.0 Å². The first-order valence-electron chi connectivity index (χ1n) is 5.78. The molecule has 0 aliphatic carbocycles. The van der Waals surface area contributed by atoms with Crippen molar-refractivity contribution >= 4 is 26.6 Å². The third-order valence-corrected chi connectivity index (χ3v) is 5.04. The van der Waals surface area contributed by atoms with Crippen LogP contribution >= 0.6 is 0 Å². The summed E-state index contributed by atoms with van der Waals surface area (Å²) in [5.41, 5.74) is 0.654. The standard InChI is InChI=1S/C13H12O4S/c14-13(10-5-6-18(15,16)8-10)12-7-9-3-1-2-4-11(9)17-12/h1-4,7,10H,5-6,8H2.